The van der Waals surface area contributed by atoms with Crippen molar-refractivity contribution >= 4 is 5.97 Å². The highest BCUT2D eigenvalue weighted by Gasteiger charge is 2.16. The van der Waals surface area contributed by atoms with Crippen molar-refractivity contribution in [1.82, 2.24) is 0 Å². The molecular formula is C21H18O3. The number of aromatic carboxylic acids is 1. The predicted molar refractivity (Wildman–Crippen MR) is 94.3 cm³/mol. The molecule has 0 aliphatic carbocycles. The Hall–Kier alpha value is -3.07. The van der Waals surface area contributed by atoms with E-state index in [4.69, 9.17) is 4.74 Å². The largest absolute Gasteiger partial charge is 0.488 e. The maximum atomic E-state index is 11.7. The summed E-state index contributed by atoms with van der Waals surface area (Å²) in [5.74, 6) is -0.565. The maximum Gasteiger partial charge on any atom is 0.339 e. The number of hydrogen-bond acceptors (Lipinski definition) is 2. The van der Waals surface area contributed by atoms with Crippen LogP contribution in [0.5, 0.6) is 5.75 Å². The fraction of sp³-hybridized carbons (Fsp3) is 0.0952. The lowest BCUT2D eigenvalue weighted by atomic mass is 9.99. The standard InChI is InChI=1S/C21H18O3/c1-15-12-18(17-10-6-3-7-11-17)13-19(21(22)23)20(15)24-14-16-8-4-2-5-9-16/h2-13H,14H2,1H3,(H,22,23). The van der Waals surface area contributed by atoms with Gasteiger partial charge >= 0.3 is 5.97 Å². The van der Waals surface area contributed by atoms with E-state index in [0.717, 1.165) is 22.3 Å². The Kier molecular flexibility index (Phi) is 4.62. The number of carbonyl (C=O) groups is 1. The van der Waals surface area contributed by atoms with Gasteiger partial charge in [0.2, 0.25) is 0 Å². The van der Waals surface area contributed by atoms with Crippen molar-refractivity contribution in [2.75, 3.05) is 0 Å². The van der Waals surface area contributed by atoms with Crippen LogP contribution in [-0.4, -0.2) is 11.1 Å². The highest BCUT2D eigenvalue weighted by Crippen LogP contribution is 2.31. The van der Waals surface area contributed by atoms with E-state index < -0.39 is 5.97 Å². The summed E-state index contributed by atoms with van der Waals surface area (Å²) in [7, 11) is 0. The molecule has 0 unspecified atom stereocenters. The summed E-state index contributed by atoms with van der Waals surface area (Å²) in [5.41, 5.74) is 3.85. The SMILES string of the molecule is Cc1cc(-c2ccccc2)cc(C(=O)O)c1OCc1ccccc1. The normalized spacial score (nSPS) is 10.4. The van der Waals surface area contributed by atoms with Crippen LogP contribution in [0.25, 0.3) is 11.1 Å². The third-order valence-corrected chi connectivity index (χ3v) is 3.84. The first-order valence-electron chi connectivity index (χ1n) is 7.75. The van der Waals surface area contributed by atoms with Crippen LogP contribution in [0.15, 0.2) is 72.8 Å². The number of carboxylic acids is 1. The van der Waals surface area contributed by atoms with Crippen LogP contribution in [0, 0.1) is 6.92 Å². The molecule has 3 aromatic rings. The van der Waals surface area contributed by atoms with E-state index in [1.807, 2.05) is 73.7 Å². The van der Waals surface area contributed by atoms with Crippen molar-refractivity contribution in [1.29, 1.82) is 0 Å². The molecule has 24 heavy (non-hydrogen) atoms. The minimum absolute atomic E-state index is 0.185. The lowest BCUT2D eigenvalue weighted by Gasteiger charge is -2.14. The van der Waals surface area contributed by atoms with Gasteiger partial charge in [0, 0.05) is 0 Å². The summed E-state index contributed by atoms with van der Waals surface area (Å²) in [6.07, 6.45) is 0. The molecule has 0 bridgehead atoms. The number of ether oxygens (including phenoxy) is 1. The molecule has 0 aromatic heterocycles. The average molecular weight is 318 g/mol. The van der Waals surface area contributed by atoms with Gasteiger partial charge in [0.05, 0.1) is 0 Å². The topological polar surface area (TPSA) is 46.5 Å². The molecular weight excluding hydrogens is 300 g/mol. The molecule has 0 amide bonds. The van der Waals surface area contributed by atoms with E-state index in [2.05, 4.69) is 0 Å². The Bertz CT molecular complexity index is 840. The molecule has 3 heteroatoms. The van der Waals surface area contributed by atoms with Gasteiger partial charge in [-0.1, -0.05) is 60.7 Å². The third kappa shape index (κ3) is 3.46. The molecule has 0 aliphatic heterocycles. The second-order valence-corrected chi connectivity index (χ2v) is 5.62. The third-order valence-electron chi connectivity index (χ3n) is 3.84. The van der Waals surface area contributed by atoms with E-state index in [0.29, 0.717) is 12.4 Å². The second kappa shape index (κ2) is 7.01. The molecule has 0 saturated carbocycles. The molecule has 0 radical (unpaired) electrons. The zero-order chi connectivity index (χ0) is 16.9. The Morgan fingerprint density at radius 1 is 0.917 bits per heavy atom. The molecule has 0 saturated heterocycles. The lowest BCUT2D eigenvalue weighted by molar-refractivity contribution is 0.0691. The molecule has 1 N–H and O–H groups in total. The first-order chi connectivity index (χ1) is 11.6. The highest BCUT2D eigenvalue weighted by atomic mass is 16.5. The van der Waals surface area contributed by atoms with Gasteiger partial charge < -0.3 is 9.84 Å². The van der Waals surface area contributed by atoms with E-state index in [-0.39, 0.29) is 5.56 Å². The summed E-state index contributed by atoms with van der Waals surface area (Å²) >= 11 is 0. The van der Waals surface area contributed by atoms with Crippen LogP contribution in [0.3, 0.4) is 0 Å². The number of hydrogen-bond donors (Lipinski definition) is 1. The predicted octanol–water partition coefficient (Wildman–Crippen LogP) is 4.94. The monoisotopic (exact) mass is 318 g/mol. The van der Waals surface area contributed by atoms with Crippen LogP contribution in [0.2, 0.25) is 0 Å². The summed E-state index contributed by atoms with van der Waals surface area (Å²) < 4.78 is 5.83. The van der Waals surface area contributed by atoms with Crippen LogP contribution < -0.4 is 4.74 Å². The maximum absolute atomic E-state index is 11.7. The number of carboxylic acid groups (broad SMARTS) is 1. The van der Waals surface area contributed by atoms with Gasteiger partial charge in [0.1, 0.15) is 17.9 Å². The fourth-order valence-corrected chi connectivity index (χ4v) is 2.65. The fourth-order valence-electron chi connectivity index (χ4n) is 2.65. The van der Waals surface area contributed by atoms with Crippen molar-refractivity contribution < 1.29 is 14.6 Å². The molecule has 120 valence electrons. The lowest BCUT2D eigenvalue weighted by Crippen LogP contribution is -2.05. The highest BCUT2D eigenvalue weighted by molar-refractivity contribution is 5.93. The van der Waals surface area contributed by atoms with E-state index >= 15 is 0 Å². The summed E-state index contributed by atoms with van der Waals surface area (Å²) in [4.78, 5) is 11.7. The van der Waals surface area contributed by atoms with Crippen LogP contribution in [0.4, 0.5) is 0 Å². The Morgan fingerprint density at radius 2 is 1.54 bits per heavy atom. The summed E-state index contributed by atoms with van der Waals surface area (Å²) in [6.45, 7) is 2.21. The first kappa shape index (κ1) is 15.8. The van der Waals surface area contributed by atoms with Crippen LogP contribution in [0.1, 0.15) is 21.5 Å². The van der Waals surface area contributed by atoms with Crippen molar-refractivity contribution in [3.8, 4) is 16.9 Å². The average Bonchev–Trinajstić information content (AvgIpc) is 2.61. The molecule has 0 fully saturated rings. The van der Waals surface area contributed by atoms with Gasteiger partial charge in [0.25, 0.3) is 0 Å². The van der Waals surface area contributed by atoms with Gasteiger partial charge in [-0.05, 0) is 41.3 Å². The second-order valence-electron chi connectivity index (χ2n) is 5.62. The zero-order valence-electron chi connectivity index (χ0n) is 13.4. The quantitative estimate of drug-likeness (QED) is 0.725. The number of aryl methyl sites for hydroxylation is 1. The molecule has 3 aromatic carbocycles. The van der Waals surface area contributed by atoms with Crippen molar-refractivity contribution in [3.63, 3.8) is 0 Å². The van der Waals surface area contributed by atoms with E-state index in [1.165, 1.54) is 0 Å². The Labute approximate surface area is 141 Å². The Morgan fingerprint density at radius 3 is 2.17 bits per heavy atom. The molecule has 3 nitrogen and oxygen atoms in total. The summed E-state index contributed by atoms with van der Waals surface area (Å²) in [6, 6.07) is 23.1. The van der Waals surface area contributed by atoms with Gasteiger partial charge in [-0.2, -0.15) is 0 Å². The summed E-state index contributed by atoms with van der Waals surface area (Å²) in [5, 5.41) is 9.58. The number of benzene rings is 3. The Balaban J connectivity index is 1.95. The number of rotatable bonds is 5. The molecule has 0 aliphatic rings. The van der Waals surface area contributed by atoms with Gasteiger partial charge in [0.15, 0.2) is 0 Å². The van der Waals surface area contributed by atoms with Gasteiger partial charge in [-0.25, -0.2) is 4.79 Å². The molecule has 0 heterocycles. The van der Waals surface area contributed by atoms with Gasteiger partial charge in [-0.15, -0.1) is 0 Å². The minimum atomic E-state index is -0.987. The van der Waals surface area contributed by atoms with E-state index in [9.17, 15) is 9.90 Å². The molecule has 0 atom stereocenters. The first-order valence-corrected chi connectivity index (χ1v) is 7.75. The smallest absolute Gasteiger partial charge is 0.339 e. The molecule has 0 spiro atoms. The van der Waals surface area contributed by atoms with Crippen molar-refractivity contribution in [2.24, 2.45) is 0 Å². The van der Waals surface area contributed by atoms with Crippen molar-refractivity contribution in [3.05, 3.63) is 89.5 Å². The van der Waals surface area contributed by atoms with Gasteiger partial charge in [-0.3, -0.25) is 0 Å². The van der Waals surface area contributed by atoms with E-state index in [1.54, 1.807) is 6.07 Å². The van der Waals surface area contributed by atoms with Crippen LogP contribution in [-0.2, 0) is 6.61 Å². The van der Waals surface area contributed by atoms with Crippen LogP contribution >= 0.6 is 0 Å². The zero-order valence-corrected chi connectivity index (χ0v) is 13.4. The minimum Gasteiger partial charge on any atom is -0.488 e. The van der Waals surface area contributed by atoms with Crippen molar-refractivity contribution in [2.45, 2.75) is 13.5 Å². The molecule has 3 rings (SSSR count).